The van der Waals surface area contributed by atoms with E-state index in [1.165, 1.54) is 12.3 Å². The van der Waals surface area contributed by atoms with Crippen LogP contribution < -0.4 is 10.2 Å². The van der Waals surface area contributed by atoms with Gasteiger partial charge in [0.05, 0.1) is 10.7 Å². The van der Waals surface area contributed by atoms with Crippen molar-refractivity contribution in [3.05, 3.63) is 49.9 Å². The molecule has 3 N–H and O–H groups in total. The van der Waals surface area contributed by atoms with Crippen LogP contribution in [0.25, 0.3) is 0 Å². The van der Waals surface area contributed by atoms with E-state index >= 15 is 0 Å². The molecule has 0 aliphatic heterocycles. The normalized spacial score (nSPS) is 10.8. The van der Waals surface area contributed by atoms with Crippen LogP contribution in [0.4, 0.5) is 0 Å². The van der Waals surface area contributed by atoms with Crippen molar-refractivity contribution in [2.75, 3.05) is 6.61 Å². The van der Waals surface area contributed by atoms with E-state index in [0.717, 1.165) is 0 Å². The van der Waals surface area contributed by atoms with Gasteiger partial charge in [0.25, 0.3) is 5.91 Å². The van der Waals surface area contributed by atoms with Crippen LogP contribution in [0.1, 0.15) is 5.56 Å². The Morgan fingerprint density at radius 1 is 1.29 bits per heavy atom. The van der Waals surface area contributed by atoms with Crippen LogP contribution in [0.2, 0.25) is 5.02 Å². The van der Waals surface area contributed by atoms with Crippen LogP contribution in [-0.4, -0.2) is 28.9 Å². The number of benzene rings is 2. The minimum atomic E-state index is -0.484. The fraction of sp³-hybridized carbons (Fsp3) is 0.0667. The summed E-state index contributed by atoms with van der Waals surface area (Å²) in [6, 6.07) is 8.11. The molecule has 0 atom stereocenters. The highest BCUT2D eigenvalue weighted by Crippen LogP contribution is 2.40. The van der Waals surface area contributed by atoms with Crippen LogP contribution in [0, 0.1) is 0 Å². The number of nitrogens with one attached hydrogen (secondary N) is 1. The Kier molecular flexibility index (Phi) is 6.47. The zero-order valence-corrected chi connectivity index (χ0v) is 15.9. The first-order chi connectivity index (χ1) is 11.4. The van der Waals surface area contributed by atoms with Gasteiger partial charge in [0, 0.05) is 10.6 Å². The van der Waals surface area contributed by atoms with E-state index < -0.39 is 5.91 Å². The molecule has 0 aliphatic rings. The van der Waals surface area contributed by atoms with Crippen molar-refractivity contribution in [2.45, 2.75) is 0 Å². The summed E-state index contributed by atoms with van der Waals surface area (Å²) in [5.41, 5.74) is 2.56. The summed E-state index contributed by atoms with van der Waals surface area (Å²) >= 11 is 12.0. The molecule has 0 radical (unpaired) electrons. The summed E-state index contributed by atoms with van der Waals surface area (Å²) in [4.78, 5) is 11.7. The highest BCUT2D eigenvalue weighted by molar-refractivity contribution is 9.11. The number of phenolic OH excluding ortho intramolecular Hbond substituents is 2. The molecule has 0 heterocycles. The number of rotatable bonds is 5. The van der Waals surface area contributed by atoms with E-state index in [1.807, 2.05) is 0 Å². The lowest BCUT2D eigenvalue weighted by molar-refractivity contribution is -0.123. The molecule has 2 aromatic rings. The molecule has 0 aliphatic carbocycles. The number of amides is 1. The van der Waals surface area contributed by atoms with E-state index in [2.05, 4.69) is 42.4 Å². The fourth-order valence-electron chi connectivity index (χ4n) is 1.63. The molecular weight excluding hydrogens is 467 g/mol. The van der Waals surface area contributed by atoms with Gasteiger partial charge in [-0.2, -0.15) is 5.10 Å². The van der Waals surface area contributed by atoms with Crippen LogP contribution in [0.3, 0.4) is 0 Å². The molecule has 0 spiro atoms. The first-order valence-electron chi connectivity index (χ1n) is 6.48. The molecule has 126 valence electrons. The number of halogens is 3. The number of aromatic hydroxyl groups is 2. The summed E-state index contributed by atoms with van der Waals surface area (Å²) in [6.07, 6.45) is 1.24. The maximum Gasteiger partial charge on any atom is 0.277 e. The highest BCUT2D eigenvalue weighted by atomic mass is 79.9. The van der Waals surface area contributed by atoms with Gasteiger partial charge in [-0.1, -0.05) is 17.7 Å². The van der Waals surface area contributed by atoms with Gasteiger partial charge in [0.15, 0.2) is 6.61 Å². The van der Waals surface area contributed by atoms with Crippen molar-refractivity contribution in [2.24, 2.45) is 5.10 Å². The van der Waals surface area contributed by atoms with Crippen molar-refractivity contribution in [3.63, 3.8) is 0 Å². The average Bonchev–Trinajstić information content (AvgIpc) is 2.55. The van der Waals surface area contributed by atoms with Crippen LogP contribution in [0.15, 0.2) is 44.4 Å². The number of hydrazone groups is 1. The quantitative estimate of drug-likeness (QED) is 0.450. The van der Waals surface area contributed by atoms with Gasteiger partial charge in [0.2, 0.25) is 0 Å². The second-order valence-corrected chi connectivity index (χ2v) is 6.58. The Hall–Kier alpha value is -1.77. The summed E-state index contributed by atoms with van der Waals surface area (Å²) < 4.78 is 5.75. The molecule has 0 saturated heterocycles. The minimum Gasteiger partial charge on any atom is -0.506 e. The number of ether oxygens (including phenoxy) is 1. The van der Waals surface area contributed by atoms with Gasteiger partial charge >= 0.3 is 0 Å². The molecule has 0 fully saturated rings. The third-order valence-electron chi connectivity index (χ3n) is 2.76. The van der Waals surface area contributed by atoms with Crippen molar-refractivity contribution in [1.29, 1.82) is 0 Å². The SMILES string of the molecule is O=C(COc1cccc(Cl)c1)N/N=C\c1cc(Br)c(O)c(Br)c1O. The number of carbonyl (C=O) groups is 1. The molecule has 24 heavy (non-hydrogen) atoms. The van der Waals surface area contributed by atoms with Crippen LogP contribution in [-0.2, 0) is 4.79 Å². The minimum absolute atomic E-state index is 0.119. The molecule has 0 bridgehead atoms. The predicted octanol–water partition coefficient (Wildman–Crippen LogP) is 3.81. The number of phenols is 2. The largest absolute Gasteiger partial charge is 0.506 e. The summed E-state index contributed by atoms with van der Waals surface area (Å²) in [5.74, 6) is -0.360. The maximum absolute atomic E-state index is 11.7. The van der Waals surface area contributed by atoms with E-state index in [1.54, 1.807) is 24.3 Å². The van der Waals surface area contributed by atoms with E-state index in [-0.39, 0.29) is 22.6 Å². The number of carbonyl (C=O) groups excluding carboxylic acids is 1. The lowest BCUT2D eigenvalue weighted by atomic mass is 10.2. The molecule has 0 saturated carbocycles. The third kappa shape index (κ3) is 4.86. The van der Waals surface area contributed by atoms with Crippen molar-refractivity contribution in [3.8, 4) is 17.2 Å². The van der Waals surface area contributed by atoms with E-state index in [9.17, 15) is 15.0 Å². The average molecular weight is 479 g/mol. The third-order valence-corrected chi connectivity index (χ3v) is 4.35. The van der Waals surface area contributed by atoms with Gasteiger partial charge in [-0.15, -0.1) is 0 Å². The second kappa shape index (κ2) is 8.36. The molecular formula is C15H11Br2ClN2O4. The molecule has 0 aromatic heterocycles. The Morgan fingerprint density at radius 3 is 2.75 bits per heavy atom. The lowest BCUT2D eigenvalue weighted by Gasteiger charge is -2.07. The zero-order chi connectivity index (χ0) is 17.7. The highest BCUT2D eigenvalue weighted by Gasteiger charge is 2.12. The molecule has 0 unspecified atom stereocenters. The molecule has 2 aromatic carbocycles. The van der Waals surface area contributed by atoms with Gasteiger partial charge in [0.1, 0.15) is 21.7 Å². The van der Waals surface area contributed by atoms with Crippen LogP contribution >= 0.6 is 43.5 Å². The second-order valence-electron chi connectivity index (χ2n) is 4.50. The van der Waals surface area contributed by atoms with Gasteiger partial charge in [-0.25, -0.2) is 5.43 Å². The Balaban J connectivity index is 1.93. The standard InChI is InChI=1S/C15H11Br2ClN2O4/c16-11-4-8(14(22)13(17)15(11)23)6-19-20-12(21)7-24-10-3-1-2-9(18)5-10/h1-6,22-23H,7H2,(H,20,21)/b19-6-. The fourth-order valence-corrected chi connectivity index (χ4v) is 2.96. The van der Waals surface area contributed by atoms with E-state index in [0.29, 0.717) is 20.8 Å². The Morgan fingerprint density at radius 2 is 2.04 bits per heavy atom. The Bertz CT molecular complexity index is 799. The molecule has 9 heteroatoms. The van der Waals surface area contributed by atoms with Crippen molar-refractivity contribution in [1.82, 2.24) is 5.43 Å². The van der Waals surface area contributed by atoms with Gasteiger partial charge in [-0.05, 0) is 56.1 Å². The maximum atomic E-state index is 11.7. The summed E-state index contributed by atoms with van der Waals surface area (Å²) in [7, 11) is 0. The smallest absolute Gasteiger partial charge is 0.277 e. The van der Waals surface area contributed by atoms with Gasteiger partial charge in [-0.3, -0.25) is 4.79 Å². The van der Waals surface area contributed by atoms with E-state index in [4.69, 9.17) is 16.3 Å². The molecule has 1 amide bonds. The molecule has 2 rings (SSSR count). The van der Waals surface area contributed by atoms with Crippen LogP contribution in [0.5, 0.6) is 17.2 Å². The predicted molar refractivity (Wildman–Crippen MR) is 97.9 cm³/mol. The van der Waals surface area contributed by atoms with Crippen molar-refractivity contribution < 1.29 is 19.7 Å². The number of hydrogen-bond donors (Lipinski definition) is 3. The molecule has 6 nitrogen and oxygen atoms in total. The topological polar surface area (TPSA) is 91.2 Å². The lowest BCUT2D eigenvalue weighted by Crippen LogP contribution is -2.24. The summed E-state index contributed by atoms with van der Waals surface area (Å²) in [5, 5.41) is 23.7. The van der Waals surface area contributed by atoms with Crippen molar-refractivity contribution >= 4 is 55.6 Å². The Labute approximate surface area is 159 Å². The monoisotopic (exact) mass is 476 g/mol. The number of hydrogen-bond acceptors (Lipinski definition) is 5. The number of nitrogens with zero attached hydrogens (tertiary/aromatic N) is 1. The first kappa shape index (κ1) is 18.6. The summed E-state index contributed by atoms with van der Waals surface area (Å²) in [6.45, 7) is -0.243. The zero-order valence-electron chi connectivity index (χ0n) is 12.0. The first-order valence-corrected chi connectivity index (χ1v) is 8.45. The van der Waals surface area contributed by atoms with Gasteiger partial charge < -0.3 is 14.9 Å².